The number of carbonyl (C=O) groups is 1. The Morgan fingerprint density at radius 3 is 2.46 bits per heavy atom. The maximum atomic E-state index is 14.7. The average Bonchev–Trinajstić information content (AvgIpc) is 2.81. The first-order valence-corrected chi connectivity index (χ1v) is 11.5. The van der Waals surface area contributed by atoms with E-state index in [0.717, 1.165) is 24.6 Å². The van der Waals surface area contributed by atoms with Gasteiger partial charge >= 0.3 is 0 Å². The van der Waals surface area contributed by atoms with Gasteiger partial charge in [0, 0.05) is 44.2 Å². The van der Waals surface area contributed by atoms with Crippen LogP contribution in [0.4, 0.5) is 19.0 Å². The molecular weight excluding hydrogens is 459 g/mol. The van der Waals surface area contributed by atoms with Crippen LogP contribution < -0.4 is 10.9 Å². The molecule has 1 aromatic carbocycles. The number of halogens is 3. The van der Waals surface area contributed by atoms with Crippen molar-refractivity contribution in [2.45, 2.75) is 52.0 Å². The zero-order valence-corrected chi connectivity index (χ0v) is 20.1. The van der Waals surface area contributed by atoms with Gasteiger partial charge in [-0.2, -0.15) is 0 Å². The largest absolute Gasteiger partial charge is 0.363 e. The second-order valence-corrected chi connectivity index (χ2v) is 9.01. The molecule has 0 aliphatic carbocycles. The highest BCUT2D eigenvalue weighted by Crippen LogP contribution is 2.32. The van der Waals surface area contributed by atoms with Gasteiger partial charge < -0.3 is 14.8 Å². The minimum atomic E-state index is -2.93. The molecule has 4 rings (SSSR count). The lowest BCUT2D eigenvalue weighted by atomic mass is 9.92. The van der Waals surface area contributed by atoms with E-state index in [-0.39, 0.29) is 28.5 Å². The summed E-state index contributed by atoms with van der Waals surface area (Å²) >= 11 is 0. The zero-order chi connectivity index (χ0) is 25.4. The van der Waals surface area contributed by atoms with E-state index in [4.69, 9.17) is 0 Å². The molecule has 35 heavy (non-hydrogen) atoms. The van der Waals surface area contributed by atoms with E-state index in [1.165, 1.54) is 12.1 Å². The molecule has 0 radical (unpaired) electrons. The van der Waals surface area contributed by atoms with Crippen molar-refractivity contribution in [1.82, 2.24) is 19.4 Å². The zero-order valence-electron chi connectivity index (χ0n) is 20.1. The van der Waals surface area contributed by atoms with Crippen molar-refractivity contribution in [3.8, 4) is 0 Å². The summed E-state index contributed by atoms with van der Waals surface area (Å²) in [4.78, 5) is 35.5. The summed E-state index contributed by atoms with van der Waals surface area (Å²) in [5.74, 6) is -0.176. The van der Waals surface area contributed by atoms with Crippen molar-refractivity contribution < 1.29 is 18.0 Å². The minimum Gasteiger partial charge on any atom is -0.363 e. The van der Waals surface area contributed by atoms with Gasteiger partial charge in [0.2, 0.25) is 5.91 Å². The summed E-state index contributed by atoms with van der Waals surface area (Å²) in [6, 6.07) is 5.07. The monoisotopic (exact) mass is 487 g/mol. The van der Waals surface area contributed by atoms with Crippen LogP contribution in [0.15, 0.2) is 29.1 Å². The molecule has 1 fully saturated rings. The molecule has 0 bridgehead atoms. The Balaban J connectivity index is 1.74. The molecule has 3 aromatic rings. The maximum absolute atomic E-state index is 14.7. The first-order chi connectivity index (χ1) is 16.6. The number of nitrogens with zero attached hydrogens (tertiary/aromatic N) is 4. The van der Waals surface area contributed by atoms with Crippen molar-refractivity contribution in [3.63, 3.8) is 0 Å². The third kappa shape index (κ3) is 4.74. The van der Waals surface area contributed by atoms with Crippen LogP contribution in [-0.4, -0.2) is 38.4 Å². The fourth-order valence-corrected chi connectivity index (χ4v) is 4.75. The number of benzene rings is 1. The lowest BCUT2D eigenvalue weighted by molar-refractivity contribution is -0.129. The van der Waals surface area contributed by atoms with Crippen LogP contribution in [0.3, 0.4) is 0 Å². The van der Waals surface area contributed by atoms with E-state index in [2.05, 4.69) is 15.3 Å². The molecule has 1 atom stereocenters. The summed E-state index contributed by atoms with van der Waals surface area (Å²) in [6.45, 7) is 6.07. The number of carbonyl (C=O) groups excluding carboxylic acids is 1. The number of fused-ring (bicyclic) bond motifs is 1. The highest BCUT2D eigenvalue weighted by atomic mass is 19.3. The average molecular weight is 488 g/mol. The van der Waals surface area contributed by atoms with Gasteiger partial charge in [0.05, 0.1) is 17.0 Å². The predicted molar refractivity (Wildman–Crippen MR) is 127 cm³/mol. The first kappa shape index (κ1) is 24.7. The lowest BCUT2D eigenvalue weighted by Gasteiger charge is -2.32. The Morgan fingerprint density at radius 2 is 1.83 bits per heavy atom. The van der Waals surface area contributed by atoms with Crippen LogP contribution in [0.5, 0.6) is 0 Å². The van der Waals surface area contributed by atoms with Crippen LogP contribution in [0, 0.1) is 12.7 Å². The maximum Gasteiger partial charge on any atom is 0.277 e. The molecule has 1 saturated heterocycles. The van der Waals surface area contributed by atoms with E-state index >= 15 is 0 Å². The number of aromatic nitrogens is 3. The van der Waals surface area contributed by atoms with E-state index in [0.29, 0.717) is 30.1 Å². The summed E-state index contributed by atoms with van der Waals surface area (Å²) in [6.07, 6.45) is -1.49. The second-order valence-electron chi connectivity index (χ2n) is 9.01. The third-order valence-corrected chi connectivity index (χ3v) is 6.72. The topological polar surface area (TPSA) is 80.1 Å². The summed E-state index contributed by atoms with van der Waals surface area (Å²) in [5, 5.41) is 3.60. The molecule has 0 spiro atoms. The summed E-state index contributed by atoms with van der Waals surface area (Å²) in [7, 11) is 1.70. The molecule has 1 N–H and O–H groups in total. The highest BCUT2D eigenvalue weighted by molar-refractivity contribution is 5.89. The van der Waals surface area contributed by atoms with Gasteiger partial charge in [0.1, 0.15) is 23.0 Å². The molecule has 10 heteroatoms. The van der Waals surface area contributed by atoms with Gasteiger partial charge in [-0.3, -0.25) is 9.59 Å². The van der Waals surface area contributed by atoms with Gasteiger partial charge in [-0.15, -0.1) is 0 Å². The summed E-state index contributed by atoms with van der Waals surface area (Å²) in [5.41, 5.74) is 0.167. The Morgan fingerprint density at radius 1 is 1.17 bits per heavy atom. The van der Waals surface area contributed by atoms with E-state index < -0.39 is 23.8 Å². The minimum absolute atomic E-state index is 0.0309. The Labute approximate surface area is 201 Å². The number of nitrogens with one attached hydrogen (secondary N) is 1. The lowest BCUT2D eigenvalue weighted by Crippen LogP contribution is -2.37. The number of likely N-dealkylation sites (tertiary alicyclic amines) is 1. The van der Waals surface area contributed by atoms with Crippen molar-refractivity contribution in [2.75, 3.05) is 18.4 Å². The third-order valence-electron chi connectivity index (χ3n) is 6.72. The van der Waals surface area contributed by atoms with Gasteiger partial charge in [0.15, 0.2) is 0 Å². The van der Waals surface area contributed by atoms with E-state index in [1.54, 1.807) is 37.3 Å². The van der Waals surface area contributed by atoms with Crippen molar-refractivity contribution in [2.24, 2.45) is 7.05 Å². The normalized spacial score (nSPS) is 15.6. The van der Waals surface area contributed by atoms with Gasteiger partial charge in [-0.05, 0) is 32.8 Å². The van der Waals surface area contributed by atoms with E-state index in [1.807, 2.05) is 6.07 Å². The Kier molecular flexibility index (Phi) is 6.82. The molecule has 3 heterocycles. The molecule has 186 valence electrons. The molecule has 0 unspecified atom stereocenters. The number of rotatable bonds is 5. The van der Waals surface area contributed by atoms with Crippen LogP contribution in [0.1, 0.15) is 67.7 Å². The van der Waals surface area contributed by atoms with Crippen molar-refractivity contribution >= 4 is 22.6 Å². The number of aryl methyl sites for hydroxylation is 1. The molecule has 0 saturated carbocycles. The number of hydrogen-bond acceptors (Lipinski definition) is 5. The van der Waals surface area contributed by atoms with Crippen molar-refractivity contribution in [1.29, 1.82) is 0 Å². The molecule has 1 amide bonds. The molecule has 1 aliphatic heterocycles. The fourth-order valence-electron chi connectivity index (χ4n) is 4.75. The van der Waals surface area contributed by atoms with Crippen LogP contribution >= 0.6 is 0 Å². The predicted octanol–water partition coefficient (Wildman–Crippen LogP) is 4.61. The number of amides is 1. The first-order valence-electron chi connectivity index (χ1n) is 11.5. The number of pyridine rings is 1. The van der Waals surface area contributed by atoms with Gasteiger partial charge in [-0.1, -0.05) is 18.2 Å². The smallest absolute Gasteiger partial charge is 0.277 e. The number of hydrogen-bond donors (Lipinski definition) is 1. The van der Waals surface area contributed by atoms with Crippen LogP contribution in [0.2, 0.25) is 0 Å². The fraction of sp³-hybridized carbons (Fsp3) is 0.440. The number of anilines is 1. The molecule has 7 nitrogen and oxygen atoms in total. The number of piperidine rings is 1. The van der Waals surface area contributed by atoms with Gasteiger partial charge in [0.25, 0.3) is 12.0 Å². The quantitative estimate of drug-likeness (QED) is 0.569. The SMILES string of the molecule is CC(=O)N1CCC(c2cc3c(N[C@H](C)c4cccc(C(F)F)c4F)nc(C)nc3c(=O)n2C)CC1. The molecule has 2 aromatic heterocycles. The second kappa shape index (κ2) is 9.67. The van der Waals surface area contributed by atoms with E-state index in [9.17, 15) is 22.8 Å². The summed E-state index contributed by atoms with van der Waals surface area (Å²) < 4.78 is 42.7. The van der Waals surface area contributed by atoms with Gasteiger partial charge in [-0.25, -0.2) is 23.1 Å². The van der Waals surface area contributed by atoms with Crippen molar-refractivity contribution in [3.05, 3.63) is 63.1 Å². The molecular formula is C25H28F3N5O2. The Bertz CT molecular complexity index is 1330. The standard InChI is InChI=1S/C25H28F3N5O2/c1-13(17-6-5-7-18(21(17)26)23(27)28)29-24-19-12-20(16-8-10-33(11-9-16)15(3)34)32(4)25(35)22(19)30-14(2)31-24/h5-7,12-13,16,23H,8-11H2,1-4H3,(H,29,30,31)/t13-/m1/s1. The number of alkyl halides is 2. The molecule has 1 aliphatic rings. The Hall–Kier alpha value is -3.43. The highest BCUT2D eigenvalue weighted by Gasteiger charge is 2.26. The van der Waals surface area contributed by atoms with Crippen LogP contribution in [-0.2, 0) is 11.8 Å². The van der Waals surface area contributed by atoms with Crippen LogP contribution in [0.25, 0.3) is 10.9 Å².